The molecule has 0 radical (unpaired) electrons. The molecular weight excluding hydrogens is 502 g/mol. The number of aliphatic hydroxyl groups is 1. The van der Waals surface area contributed by atoms with E-state index in [-0.39, 0.29) is 43.1 Å². The molecule has 10 heteroatoms. The maximum Gasteiger partial charge on any atom is 0.308 e. The fraction of sp³-hybridized carbons (Fsp3) is 0.690. The molecule has 3 aliphatic rings. The van der Waals surface area contributed by atoms with Crippen LogP contribution in [0.2, 0.25) is 0 Å². The van der Waals surface area contributed by atoms with Crippen LogP contribution in [-0.4, -0.2) is 101 Å². The molecule has 2 amide bonds. The molecule has 4 rings (SSSR count). The zero-order valence-electron chi connectivity index (χ0n) is 23.4. The van der Waals surface area contributed by atoms with Gasteiger partial charge in [-0.2, -0.15) is 0 Å². The van der Waals surface area contributed by atoms with E-state index in [0.717, 1.165) is 18.4 Å². The van der Waals surface area contributed by atoms with E-state index in [1.807, 2.05) is 28.0 Å². The van der Waals surface area contributed by atoms with Crippen molar-refractivity contribution in [2.45, 2.75) is 64.8 Å². The maximum atomic E-state index is 13.5. The van der Waals surface area contributed by atoms with Gasteiger partial charge < -0.3 is 29.5 Å². The van der Waals surface area contributed by atoms with Gasteiger partial charge in [-0.25, -0.2) is 0 Å². The lowest BCUT2D eigenvalue weighted by Crippen LogP contribution is -2.46. The summed E-state index contributed by atoms with van der Waals surface area (Å²) in [5, 5.41) is 19.8. The first-order valence-corrected chi connectivity index (χ1v) is 14.2. The Kier molecular flexibility index (Phi) is 9.38. The lowest BCUT2D eigenvalue weighted by molar-refractivity contribution is -0.144. The molecule has 3 atom stereocenters. The van der Waals surface area contributed by atoms with E-state index in [0.29, 0.717) is 63.5 Å². The van der Waals surface area contributed by atoms with Crippen LogP contribution in [0.25, 0.3) is 0 Å². The van der Waals surface area contributed by atoms with E-state index >= 15 is 0 Å². The first kappa shape index (κ1) is 29.1. The number of benzene rings is 1. The van der Waals surface area contributed by atoms with E-state index in [1.165, 1.54) is 0 Å². The topological polar surface area (TPSA) is 120 Å². The number of fused-ring (bicyclic) bond motifs is 1. The number of amides is 2. The van der Waals surface area contributed by atoms with Crippen LogP contribution < -0.4 is 9.47 Å². The number of rotatable bonds is 13. The molecule has 0 saturated carbocycles. The molecule has 0 aromatic heterocycles. The Morgan fingerprint density at radius 3 is 2.56 bits per heavy atom. The lowest BCUT2D eigenvalue weighted by atomic mass is 9.84. The molecule has 2 N–H and O–H groups in total. The number of nitrogens with zero attached hydrogens (tertiary/aromatic N) is 3. The summed E-state index contributed by atoms with van der Waals surface area (Å²) in [5.74, 6) is -0.730. The van der Waals surface area contributed by atoms with Crippen LogP contribution in [0.15, 0.2) is 18.2 Å². The molecule has 0 unspecified atom stereocenters. The van der Waals surface area contributed by atoms with E-state index in [9.17, 15) is 24.6 Å². The Balaban J connectivity index is 1.58. The van der Waals surface area contributed by atoms with E-state index in [1.54, 1.807) is 4.90 Å². The van der Waals surface area contributed by atoms with Crippen LogP contribution in [0, 0.1) is 11.3 Å². The molecular formula is C29H43N3O7. The summed E-state index contributed by atoms with van der Waals surface area (Å²) in [5.41, 5.74) is 0.740. The van der Waals surface area contributed by atoms with Crippen molar-refractivity contribution >= 4 is 17.8 Å². The number of unbranched alkanes of at least 4 members (excludes halogenated alkanes) is 1. The van der Waals surface area contributed by atoms with Gasteiger partial charge in [-0.1, -0.05) is 33.3 Å². The zero-order chi connectivity index (χ0) is 28.2. The first-order chi connectivity index (χ1) is 18.6. The van der Waals surface area contributed by atoms with Gasteiger partial charge in [0.25, 0.3) is 0 Å². The van der Waals surface area contributed by atoms with Crippen molar-refractivity contribution in [2.75, 3.05) is 52.7 Å². The van der Waals surface area contributed by atoms with Crippen molar-refractivity contribution in [1.29, 1.82) is 0 Å². The Morgan fingerprint density at radius 1 is 1.15 bits per heavy atom. The minimum Gasteiger partial charge on any atom is -0.481 e. The quantitative estimate of drug-likeness (QED) is 0.388. The number of hydrogen-bond donors (Lipinski definition) is 2. The standard InChI is InChI=1S/C29H43N3O7/c1-4-5-10-30(11-6-13-33)26(35)17-32-16-21(20-7-8-23-24(14-20)39-19-38-23)27(28(36)37)22(32)9-12-31-18-29(2,3)15-25(31)34/h7-8,14,21-22,27,33H,4-6,9-13,15-19H2,1-3H3,(H,36,37)/t21-,22+,27-/m1/s1. The third kappa shape index (κ3) is 6.84. The largest absolute Gasteiger partial charge is 0.481 e. The normalized spacial score (nSPS) is 23.9. The summed E-state index contributed by atoms with van der Waals surface area (Å²) in [6, 6.07) is 5.14. The molecule has 0 bridgehead atoms. The molecule has 2 saturated heterocycles. The van der Waals surface area contributed by atoms with E-state index < -0.39 is 17.9 Å². The van der Waals surface area contributed by atoms with Gasteiger partial charge in [0.1, 0.15) is 0 Å². The molecule has 216 valence electrons. The van der Waals surface area contributed by atoms with Gasteiger partial charge in [0, 0.05) is 57.7 Å². The monoisotopic (exact) mass is 545 g/mol. The average Bonchev–Trinajstić information content (AvgIpc) is 3.56. The molecule has 39 heavy (non-hydrogen) atoms. The molecule has 0 spiro atoms. The smallest absolute Gasteiger partial charge is 0.308 e. The van der Waals surface area contributed by atoms with Crippen LogP contribution in [-0.2, 0) is 14.4 Å². The highest BCUT2D eigenvalue weighted by atomic mass is 16.7. The fourth-order valence-corrected chi connectivity index (χ4v) is 6.25. The predicted molar refractivity (Wildman–Crippen MR) is 145 cm³/mol. The number of ether oxygens (including phenoxy) is 2. The number of hydrogen-bond acceptors (Lipinski definition) is 7. The van der Waals surface area contributed by atoms with Crippen LogP contribution in [0.4, 0.5) is 0 Å². The number of carboxylic acids is 1. The highest BCUT2D eigenvalue weighted by molar-refractivity contribution is 5.80. The average molecular weight is 546 g/mol. The van der Waals surface area contributed by atoms with Gasteiger partial charge in [-0.3, -0.25) is 19.3 Å². The summed E-state index contributed by atoms with van der Waals surface area (Å²) in [7, 11) is 0. The van der Waals surface area contributed by atoms with Gasteiger partial charge in [-0.15, -0.1) is 0 Å². The van der Waals surface area contributed by atoms with Crippen molar-refractivity contribution < 1.29 is 34.1 Å². The molecule has 10 nitrogen and oxygen atoms in total. The third-order valence-corrected chi connectivity index (χ3v) is 8.21. The van der Waals surface area contributed by atoms with Crippen LogP contribution in [0.5, 0.6) is 11.5 Å². The number of carboxylic acid groups (broad SMARTS) is 1. The highest BCUT2D eigenvalue weighted by Crippen LogP contribution is 2.43. The molecule has 3 aliphatic heterocycles. The van der Waals surface area contributed by atoms with Gasteiger partial charge in [0.2, 0.25) is 18.6 Å². The molecule has 0 aliphatic carbocycles. The van der Waals surface area contributed by atoms with Gasteiger partial charge in [-0.05, 0) is 42.4 Å². The number of aliphatic hydroxyl groups excluding tert-OH is 1. The Labute approximate surface area is 230 Å². The predicted octanol–water partition coefficient (Wildman–Crippen LogP) is 2.54. The van der Waals surface area contributed by atoms with Crippen LogP contribution in [0.3, 0.4) is 0 Å². The van der Waals surface area contributed by atoms with Gasteiger partial charge in [0.05, 0.1) is 12.5 Å². The van der Waals surface area contributed by atoms with Crippen molar-refractivity contribution in [3.05, 3.63) is 23.8 Å². The maximum absolute atomic E-state index is 13.5. The Morgan fingerprint density at radius 2 is 1.90 bits per heavy atom. The third-order valence-electron chi connectivity index (χ3n) is 8.21. The number of aliphatic carboxylic acids is 1. The summed E-state index contributed by atoms with van der Waals surface area (Å²) in [6.07, 6.45) is 3.27. The Bertz CT molecular complexity index is 1040. The minimum atomic E-state index is -0.909. The SMILES string of the molecule is CCCCN(CCCO)C(=O)CN1C[C@H](c2ccc3c(c2)OCO3)[C@@H](C(=O)O)[C@@H]1CCN1CC(C)(C)CC1=O. The van der Waals surface area contributed by atoms with E-state index in [2.05, 4.69) is 20.8 Å². The van der Waals surface area contributed by atoms with Crippen molar-refractivity contribution in [3.63, 3.8) is 0 Å². The van der Waals surface area contributed by atoms with Gasteiger partial charge in [0.15, 0.2) is 11.5 Å². The number of likely N-dealkylation sites (tertiary alicyclic amines) is 2. The molecule has 1 aromatic rings. The van der Waals surface area contributed by atoms with Crippen LogP contribution >= 0.6 is 0 Å². The molecule has 3 heterocycles. The summed E-state index contributed by atoms with van der Waals surface area (Å²) in [4.78, 5) is 44.5. The minimum absolute atomic E-state index is 0.00965. The van der Waals surface area contributed by atoms with Crippen molar-refractivity contribution in [1.82, 2.24) is 14.7 Å². The zero-order valence-corrected chi connectivity index (χ0v) is 23.4. The summed E-state index contributed by atoms with van der Waals surface area (Å²) in [6.45, 7) is 9.05. The second-order valence-electron chi connectivity index (χ2n) is 11.8. The molecule has 2 fully saturated rings. The van der Waals surface area contributed by atoms with Crippen LogP contribution in [0.1, 0.15) is 64.4 Å². The highest BCUT2D eigenvalue weighted by Gasteiger charge is 2.48. The van der Waals surface area contributed by atoms with Crippen molar-refractivity contribution in [3.8, 4) is 11.5 Å². The Hall–Kier alpha value is -2.85. The first-order valence-electron chi connectivity index (χ1n) is 14.2. The summed E-state index contributed by atoms with van der Waals surface area (Å²) >= 11 is 0. The van der Waals surface area contributed by atoms with Gasteiger partial charge >= 0.3 is 5.97 Å². The fourth-order valence-electron chi connectivity index (χ4n) is 6.25. The summed E-state index contributed by atoms with van der Waals surface area (Å²) < 4.78 is 11.0. The second kappa shape index (κ2) is 12.6. The molecule has 1 aromatic carbocycles. The van der Waals surface area contributed by atoms with E-state index in [4.69, 9.17) is 9.47 Å². The second-order valence-corrected chi connectivity index (χ2v) is 11.8. The number of carbonyl (C=O) groups excluding carboxylic acids is 2. The number of carbonyl (C=O) groups is 3. The van der Waals surface area contributed by atoms with Crippen molar-refractivity contribution in [2.24, 2.45) is 11.3 Å². The lowest BCUT2D eigenvalue weighted by Gasteiger charge is -2.31.